The van der Waals surface area contributed by atoms with Gasteiger partial charge in [0.2, 0.25) is 0 Å². The third kappa shape index (κ3) is 1.95. The average Bonchev–Trinajstić information content (AvgIpc) is 2.06. The van der Waals surface area contributed by atoms with Crippen LogP contribution in [0.15, 0.2) is 30.3 Å². The lowest BCUT2D eigenvalue weighted by molar-refractivity contribution is 1.43. The van der Waals surface area contributed by atoms with Gasteiger partial charge in [-0.3, -0.25) is 0 Å². The molecule has 0 heterocycles. The lowest BCUT2D eigenvalue weighted by Gasteiger charge is -1.99. The minimum absolute atomic E-state index is 0.630. The average molecular weight is 160 g/mol. The third-order valence-corrected chi connectivity index (χ3v) is 1.65. The fraction of sp³-hybridized carbons (Fsp3) is 0.100. The molecule has 1 aromatic carbocycles. The van der Waals surface area contributed by atoms with E-state index in [9.17, 15) is 0 Å². The van der Waals surface area contributed by atoms with Crippen molar-refractivity contribution < 1.29 is 0 Å². The van der Waals surface area contributed by atoms with Crippen LogP contribution in [0.5, 0.6) is 0 Å². The molecule has 0 spiro atoms. The summed E-state index contributed by atoms with van der Waals surface area (Å²) in [5.41, 5.74) is 8.47. The first kappa shape index (κ1) is 8.53. The minimum atomic E-state index is 0.630. The Morgan fingerprint density at radius 1 is 1.33 bits per heavy atom. The van der Waals surface area contributed by atoms with Gasteiger partial charge < -0.3 is 11.1 Å². The van der Waals surface area contributed by atoms with E-state index in [0.29, 0.717) is 5.70 Å². The summed E-state index contributed by atoms with van der Waals surface area (Å²) in [6, 6.07) is 7.90. The van der Waals surface area contributed by atoms with Crippen molar-refractivity contribution in [2.75, 3.05) is 0 Å². The molecule has 0 aliphatic heterocycles. The highest BCUT2D eigenvalue weighted by Gasteiger charge is 1.93. The van der Waals surface area contributed by atoms with Crippen LogP contribution >= 0.6 is 0 Å². The van der Waals surface area contributed by atoms with Crippen molar-refractivity contribution in [1.82, 2.24) is 0 Å². The molecule has 0 radical (unpaired) electrons. The monoisotopic (exact) mass is 160 g/mol. The molecule has 0 amide bonds. The zero-order valence-corrected chi connectivity index (χ0v) is 7.04. The first-order chi connectivity index (χ1) is 5.74. The fourth-order valence-corrected chi connectivity index (χ4v) is 0.932. The second-order valence-electron chi connectivity index (χ2n) is 2.65. The highest BCUT2D eigenvalue weighted by Crippen LogP contribution is 2.08. The summed E-state index contributed by atoms with van der Waals surface area (Å²) in [5.74, 6) is 0. The van der Waals surface area contributed by atoms with E-state index in [0.717, 1.165) is 5.56 Å². The van der Waals surface area contributed by atoms with Crippen LogP contribution in [0, 0.1) is 12.3 Å². The minimum Gasteiger partial charge on any atom is -0.398 e. The summed E-state index contributed by atoms with van der Waals surface area (Å²) in [4.78, 5) is 0. The standard InChI is InChI=1S/C10H12N2/c1-8-2-4-9(5-3-8)10(12)6-7-11/h2-7,11H,12H2,1H3. The molecule has 62 valence electrons. The molecular formula is C10H12N2. The summed E-state index contributed by atoms with van der Waals surface area (Å²) in [6.45, 7) is 2.03. The lowest BCUT2D eigenvalue weighted by atomic mass is 10.1. The quantitative estimate of drug-likeness (QED) is 0.638. The van der Waals surface area contributed by atoms with E-state index in [2.05, 4.69) is 0 Å². The Labute approximate surface area is 72.2 Å². The van der Waals surface area contributed by atoms with Crippen molar-refractivity contribution in [3.05, 3.63) is 41.5 Å². The molecule has 0 bridgehead atoms. The Balaban J connectivity index is 2.97. The van der Waals surface area contributed by atoms with Crippen molar-refractivity contribution in [2.24, 2.45) is 5.73 Å². The summed E-state index contributed by atoms with van der Waals surface area (Å²) < 4.78 is 0. The predicted molar refractivity (Wildman–Crippen MR) is 52.1 cm³/mol. The van der Waals surface area contributed by atoms with Gasteiger partial charge in [0.15, 0.2) is 0 Å². The van der Waals surface area contributed by atoms with Crippen LogP contribution in [-0.4, -0.2) is 6.21 Å². The first-order valence-corrected chi connectivity index (χ1v) is 3.77. The van der Waals surface area contributed by atoms with E-state index in [4.69, 9.17) is 11.1 Å². The van der Waals surface area contributed by atoms with Gasteiger partial charge in [-0.1, -0.05) is 29.8 Å². The maximum absolute atomic E-state index is 6.84. The molecule has 0 aliphatic rings. The van der Waals surface area contributed by atoms with Crippen LogP contribution in [0.4, 0.5) is 0 Å². The molecule has 1 aromatic rings. The second kappa shape index (κ2) is 3.72. The number of nitrogens with one attached hydrogen (secondary N) is 1. The molecule has 2 nitrogen and oxygen atoms in total. The summed E-state index contributed by atoms with van der Waals surface area (Å²) in [7, 11) is 0. The fourth-order valence-electron chi connectivity index (χ4n) is 0.932. The van der Waals surface area contributed by atoms with Gasteiger partial charge in [-0.25, -0.2) is 0 Å². The summed E-state index contributed by atoms with van der Waals surface area (Å²) in [6.07, 6.45) is 2.76. The highest BCUT2D eigenvalue weighted by atomic mass is 14.6. The van der Waals surface area contributed by atoms with E-state index < -0.39 is 0 Å². The van der Waals surface area contributed by atoms with Gasteiger partial charge in [-0.15, -0.1) is 0 Å². The topological polar surface area (TPSA) is 49.9 Å². The van der Waals surface area contributed by atoms with Crippen molar-refractivity contribution in [2.45, 2.75) is 6.92 Å². The van der Waals surface area contributed by atoms with Gasteiger partial charge in [-0.05, 0) is 18.6 Å². The molecule has 1 rings (SSSR count). The number of hydrogen-bond acceptors (Lipinski definition) is 2. The van der Waals surface area contributed by atoms with Crippen LogP contribution in [0.2, 0.25) is 0 Å². The number of allylic oxidation sites excluding steroid dienone is 1. The summed E-state index contributed by atoms with van der Waals surface area (Å²) in [5, 5.41) is 6.84. The largest absolute Gasteiger partial charge is 0.398 e. The lowest BCUT2D eigenvalue weighted by Crippen LogP contribution is -1.95. The molecule has 0 saturated carbocycles. The Kier molecular flexibility index (Phi) is 2.64. The molecule has 2 heteroatoms. The third-order valence-electron chi connectivity index (χ3n) is 1.65. The van der Waals surface area contributed by atoms with E-state index in [1.165, 1.54) is 11.8 Å². The Bertz CT molecular complexity index is 296. The number of nitrogens with two attached hydrogens (primary N) is 1. The Morgan fingerprint density at radius 3 is 2.42 bits per heavy atom. The molecule has 0 aliphatic carbocycles. The normalized spacial score (nSPS) is 11.2. The van der Waals surface area contributed by atoms with E-state index >= 15 is 0 Å². The van der Waals surface area contributed by atoms with E-state index in [1.807, 2.05) is 31.2 Å². The van der Waals surface area contributed by atoms with E-state index in [1.54, 1.807) is 6.08 Å². The SMILES string of the molecule is Cc1ccc(C(N)=CC=N)cc1. The molecule has 0 aromatic heterocycles. The van der Waals surface area contributed by atoms with Gasteiger partial charge in [0.05, 0.1) is 0 Å². The van der Waals surface area contributed by atoms with Gasteiger partial charge in [-0.2, -0.15) is 0 Å². The highest BCUT2D eigenvalue weighted by molar-refractivity contribution is 5.81. The molecule has 3 N–H and O–H groups in total. The molecule has 0 unspecified atom stereocenters. The molecule has 0 atom stereocenters. The van der Waals surface area contributed by atoms with Crippen LogP contribution in [0.1, 0.15) is 11.1 Å². The van der Waals surface area contributed by atoms with Crippen LogP contribution in [0.25, 0.3) is 5.70 Å². The number of hydrogen-bond donors (Lipinski definition) is 2. The zero-order valence-electron chi connectivity index (χ0n) is 7.04. The first-order valence-electron chi connectivity index (χ1n) is 3.77. The molecular weight excluding hydrogens is 148 g/mol. The van der Waals surface area contributed by atoms with Gasteiger partial charge >= 0.3 is 0 Å². The van der Waals surface area contributed by atoms with Crippen molar-refractivity contribution >= 4 is 11.9 Å². The molecule has 0 saturated heterocycles. The van der Waals surface area contributed by atoms with Gasteiger partial charge in [0.25, 0.3) is 0 Å². The molecule has 12 heavy (non-hydrogen) atoms. The maximum atomic E-state index is 6.84. The zero-order chi connectivity index (χ0) is 8.97. The van der Waals surface area contributed by atoms with Crippen molar-refractivity contribution in [3.63, 3.8) is 0 Å². The molecule has 0 fully saturated rings. The smallest absolute Gasteiger partial charge is 0.0402 e. The maximum Gasteiger partial charge on any atom is 0.0402 e. The Morgan fingerprint density at radius 2 is 1.92 bits per heavy atom. The van der Waals surface area contributed by atoms with Crippen molar-refractivity contribution in [1.29, 1.82) is 5.41 Å². The van der Waals surface area contributed by atoms with Gasteiger partial charge in [0.1, 0.15) is 0 Å². The Hall–Kier alpha value is -1.57. The number of aryl methyl sites for hydroxylation is 1. The predicted octanol–water partition coefficient (Wildman–Crippen LogP) is 1.94. The number of benzene rings is 1. The van der Waals surface area contributed by atoms with Crippen LogP contribution in [-0.2, 0) is 0 Å². The van der Waals surface area contributed by atoms with Gasteiger partial charge in [0, 0.05) is 11.9 Å². The van der Waals surface area contributed by atoms with Crippen molar-refractivity contribution in [3.8, 4) is 0 Å². The van der Waals surface area contributed by atoms with E-state index in [-0.39, 0.29) is 0 Å². The second-order valence-corrected chi connectivity index (χ2v) is 2.65. The van der Waals surface area contributed by atoms with Crippen LogP contribution in [0.3, 0.4) is 0 Å². The van der Waals surface area contributed by atoms with Crippen LogP contribution < -0.4 is 5.73 Å². The summed E-state index contributed by atoms with van der Waals surface area (Å²) >= 11 is 0. The number of rotatable bonds is 2.